The van der Waals surface area contributed by atoms with E-state index in [1.54, 1.807) is 19.3 Å². The average Bonchev–Trinajstić information content (AvgIpc) is 2.87. The standard InChI is InChI=1S/C21H33N3O3/c1-6-27-21(26)23-12-7-8-19(11-15-23)22-13-9-18(10-14-22)20(25)24(16(2)3)17(4)5/h7-8,11-12,15-18H,6,9-10,13-14H2,1-5H3. The second kappa shape index (κ2) is 9.62. The molecule has 1 saturated heterocycles. The molecular weight excluding hydrogens is 342 g/mol. The summed E-state index contributed by atoms with van der Waals surface area (Å²) in [5.41, 5.74) is 1.05. The summed E-state index contributed by atoms with van der Waals surface area (Å²) in [6, 6.07) is 0.448. The van der Waals surface area contributed by atoms with Crippen LogP contribution in [0.4, 0.5) is 4.79 Å². The van der Waals surface area contributed by atoms with Gasteiger partial charge in [-0.2, -0.15) is 0 Å². The van der Waals surface area contributed by atoms with Crippen molar-refractivity contribution in [1.29, 1.82) is 0 Å². The molecule has 2 aliphatic rings. The highest BCUT2D eigenvalue weighted by Gasteiger charge is 2.31. The van der Waals surface area contributed by atoms with E-state index in [2.05, 4.69) is 32.6 Å². The summed E-state index contributed by atoms with van der Waals surface area (Å²) in [4.78, 5) is 30.5. The van der Waals surface area contributed by atoms with Crippen molar-refractivity contribution in [3.05, 3.63) is 36.3 Å². The first-order chi connectivity index (χ1) is 12.8. The number of nitrogens with zero attached hydrogens (tertiary/aromatic N) is 3. The molecule has 6 heteroatoms. The fourth-order valence-electron chi connectivity index (χ4n) is 3.73. The molecule has 0 N–H and O–H groups in total. The van der Waals surface area contributed by atoms with Gasteiger partial charge in [0.05, 0.1) is 6.61 Å². The summed E-state index contributed by atoms with van der Waals surface area (Å²) in [7, 11) is 0. The van der Waals surface area contributed by atoms with Gasteiger partial charge in [0, 0.05) is 49.2 Å². The van der Waals surface area contributed by atoms with E-state index in [9.17, 15) is 9.59 Å². The largest absolute Gasteiger partial charge is 0.449 e. The minimum atomic E-state index is -0.383. The van der Waals surface area contributed by atoms with E-state index in [4.69, 9.17) is 4.74 Å². The fraction of sp³-hybridized carbons (Fsp3) is 0.619. The Bertz CT molecular complexity index is 606. The molecule has 2 heterocycles. The minimum Gasteiger partial charge on any atom is -0.449 e. The predicted octanol–water partition coefficient (Wildman–Crippen LogP) is 3.73. The first kappa shape index (κ1) is 21.1. The van der Waals surface area contributed by atoms with E-state index in [1.807, 2.05) is 23.1 Å². The predicted molar refractivity (Wildman–Crippen MR) is 107 cm³/mol. The molecule has 27 heavy (non-hydrogen) atoms. The van der Waals surface area contributed by atoms with Crippen LogP contribution in [0, 0.1) is 5.92 Å². The molecule has 2 aliphatic heterocycles. The Morgan fingerprint density at radius 2 is 1.78 bits per heavy atom. The topological polar surface area (TPSA) is 53.1 Å². The summed E-state index contributed by atoms with van der Waals surface area (Å²) < 4.78 is 5.02. The van der Waals surface area contributed by atoms with Gasteiger partial charge in [0.2, 0.25) is 5.91 Å². The summed E-state index contributed by atoms with van der Waals surface area (Å²) in [6.07, 6.45) is 10.5. The van der Waals surface area contributed by atoms with Gasteiger partial charge >= 0.3 is 6.09 Å². The summed E-state index contributed by atoms with van der Waals surface area (Å²) in [6.45, 7) is 12.1. The van der Waals surface area contributed by atoms with E-state index in [-0.39, 0.29) is 30.0 Å². The zero-order valence-electron chi connectivity index (χ0n) is 17.2. The molecule has 6 nitrogen and oxygen atoms in total. The Labute approximate surface area is 163 Å². The monoisotopic (exact) mass is 375 g/mol. The molecule has 1 fully saturated rings. The van der Waals surface area contributed by atoms with Gasteiger partial charge in [-0.15, -0.1) is 0 Å². The minimum absolute atomic E-state index is 0.0907. The number of ether oxygens (including phenoxy) is 1. The van der Waals surface area contributed by atoms with E-state index < -0.39 is 0 Å². The van der Waals surface area contributed by atoms with Gasteiger partial charge in [-0.3, -0.25) is 9.69 Å². The number of rotatable bonds is 5. The van der Waals surface area contributed by atoms with Gasteiger partial charge in [-0.25, -0.2) is 4.79 Å². The Morgan fingerprint density at radius 3 is 2.33 bits per heavy atom. The van der Waals surface area contributed by atoms with Crippen molar-refractivity contribution in [2.24, 2.45) is 5.92 Å². The lowest BCUT2D eigenvalue weighted by atomic mass is 9.93. The quantitative estimate of drug-likeness (QED) is 0.735. The average molecular weight is 376 g/mol. The van der Waals surface area contributed by atoms with Crippen LogP contribution in [0.1, 0.15) is 47.5 Å². The molecule has 0 spiro atoms. The maximum Gasteiger partial charge on any atom is 0.417 e. The van der Waals surface area contributed by atoms with Crippen LogP contribution in [0.5, 0.6) is 0 Å². The lowest BCUT2D eigenvalue weighted by Gasteiger charge is -2.38. The number of carbonyl (C=O) groups excluding carboxylic acids is 2. The van der Waals surface area contributed by atoms with Crippen LogP contribution in [0.2, 0.25) is 0 Å². The van der Waals surface area contributed by atoms with Gasteiger partial charge in [-0.1, -0.05) is 0 Å². The van der Waals surface area contributed by atoms with Crippen LogP contribution in [0.15, 0.2) is 36.3 Å². The number of allylic oxidation sites excluding steroid dienone is 3. The summed E-state index contributed by atoms with van der Waals surface area (Å²) in [5.74, 6) is 0.367. The molecule has 0 bridgehead atoms. The van der Waals surface area contributed by atoms with E-state index >= 15 is 0 Å². The van der Waals surface area contributed by atoms with E-state index in [0.717, 1.165) is 31.6 Å². The van der Waals surface area contributed by atoms with Gasteiger partial charge in [0.15, 0.2) is 0 Å². The molecule has 0 saturated carbocycles. The molecule has 0 aromatic rings. The Morgan fingerprint density at radius 1 is 1.15 bits per heavy atom. The van der Waals surface area contributed by atoms with Crippen molar-refractivity contribution >= 4 is 12.0 Å². The number of carbonyl (C=O) groups is 2. The highest BCUT2D eigenvalue weighted by Crippen LogP contribution is 2.25. The molecule has 2 rings (SSSR count). The van der Waals surface area contributed by atoms with Crippen molar-refractivity contribution < 1.29 is 14.3 Å². The van der Waals surface area contributed by atoms with Crippen molar-refractivity contribution in [2.45, 2.75) is 59.5 Å². The third-order valence-electron chi connectivity index (χ3n) is 4.97. The molecular formula is C21H33N3O3. The first-order valence-electron chi connectivity index (χ1n) is 9.94. The molecule has 150 valence electrons. The Balaban J connectivity index is 1.95. The molecule has 2 amide bonds. The number of likely N-dealkylation sites (tertiary alicyclic amines) is 1. The molecule has 0 aromatic heterocycles. The smallest absolute Gasteiger partial charge is 0.417 e. The third-order valence-corrected chi connectivity index (χ3v) is 4.97. The maximum atomic E-state index is 12.9. The number of piperidine rings is 1. The van der Waals surface area contributed by atoms with Crippen LogP contribution in [-0.2, 0) is 9.53 Å². The van der Waals surface area contributed by atoms with Crippen molar-refractivity contribution in [3.8, 4) is 0 Å². The fourth-order valence-corrected chi connectivity index (χ4v) is 3.73. The number of amides is 2. The zero-order chi connectivity index (χ0) is 20.0. The summed E-state index contributed by atoms with van der Waals surface area (Å²) >= 11 is 0. The van der Waals surface area contributed by atoms with Crippen LogP contribution >= 0.6 is 0 Å². The number of hydrogen-bond donors (Lipinski definition) is 0. The molecule has 0 aromatic carbocycles. The Kier molecular flexibility index (Phi) is 7.51. The highest BCUT2D eigenvalue weighted by atomic mass is 16.5. The second-order valence-corrected chi connectivity index (χ2v) is 7.55. The maximum absolute atomic E-state index is 12.9. The van der Waals surface area contributed by atoms with Crippen LogP contribution in [0.3, 0.4) is 0 Å². The Hall–Kier alpha value is -2.24. The van der Waals surface area contributed by atoms with Crippen LogP contribution < -0.4 is 0 Å². The summed E-state index contributed by atoms with van der Waals surface area (Å²) in [5, 5.41) is 0. The van der Waals surface area contributed by atoms with Gasteiger partial charge in [0.25, 0.3) is 0 Å². The van der Waals surface area contributed by atoms with E-state index in [1.165, 1.54) is 4.90 Å². The molecule has 0 unspecified atom stereocenters. The van der Waals surface area contributed by atoms with Gasteiger partial charge in [-0.05, 0) is 65.7 Å². The van der Waals surface area contributed by atoms with Gasteiger partial charge < -0.3 is 14.5 Å². The first-order valence-corrected chi connectivity index (χ1v) is 9.94. The van der Waals surface area contributed by atoms with Crippen LogP contribution in [-0.4, -0.2) is 58.5 Å². The third kappa shape index (κ3) is 5.37. The van der Waals surface area contributed by atoms with Gasteiger partial charge in [0.1, 0.15) is 0 Å². The highest BCUT2D eigenvalue weighted by molar-refractivity contribution is 5.79. The van der Waals surface area contributed by atoms with Crippen molar-refractivity contribution in [2.75, 3.05) is 19.7 Å². The second-order valence-electron chi connectivity index (χ2n) is 7.55. The zero-order valence-corrected chi connectivity index (χ0v) is 17.2. The van der Waals surface area contributed by atoms with E-state index in [0.29, 0.717) is 6.61 Å². The number of hydrogen-bond acceptors (Lipinski definition) is 4. The SMILES string of the molecule is CCOC(=O)N1C=CC=C(N2CCC(C(=O)N(C(C)C)C(C)C)CC2)C=C1. The normalized spacial score (nSPS) is 18.0. The molecule has 0 atom stereocenters. The lowest BCUT2D eigenvalue weighted by molar-refractivity contribution is -0.140. The van der Waals surface area contributed by atoms with Crippen molar-refractivity contribution in [3.63, 3.8) is 0 Å². The van der Waals surface area contributed by atoms with Crippen molar-refractivity contribution in [1.82, 2.24) is 14.7 Å². The lowest BCUT2D eigenvalue weighted by Crippen LogP contribution is -2.47. The molecule has 0 aliphatic carbocycles. The molecule has 0 radical (unpaired) electrons. The van der Waals surface area contributed by atoms with Crippen LogP contribution in [0.25, 0.3) is 0 Å².